The summed E-state index contributed by atoms with van der Waals surface area (Å²) in [7, 11) is -4.70. The first-order chi connectivity index (χ1) is 8.24. The van der Waals surface area contributed by atoms with Gasteiger partial charge in [0.1, 0.15) is 0 Å². The van der Waals surface area contributed by atoms with E-state index in [1.54, 1.807) is 0 Å². The van der Waals surface area contributed by atoms with Crippen LogP contribution in [0.5, 0.6) is 0 Å². The molecular formula is C9H7F6NO2S. The maximum absolute atomic E-state index is 12.6. The summed E-state index contributed by atoms with van der Waals surface area (Å²) >= 11 is 0. The average molecular weight is 307 g/mol. The lowest BCUT2D eigenvalue weighted by Crippen LogP contribution is -2.19. The average Bonchev–Trinajstić information content (AvgIpc) is 2.11. The Balaban J connectivity index is 3.78. The predicted octanol–water partition coefficient (Wildman–Crippen LogP) is 2.68. The Bertz CT molecular complexity index is 602. The van der Waals surface area contributed by atoms with Crippen molar-refractivity contribution in [3.8, 4) is 0 Å². The molecule has 0 fully saturated rings. The van der Waals surface area contributed by atoms with Gasteiger partial charge in [0.15, 0.2) is 0 Å². The van der Waals surface area contributed by atoms with Crippen LogP contribution in [0, 0.1) is 6.92 Å². The molecule has 0 heterocycles. The SMILES string of the molecule is Cc1c(C(F)(F)F)cc(C(F)(F)F)cc1S(N)(=O)=O. The lowest BCUT2D eigenvalue weighted by Gasteiger charge is -2.16. The molecule has 10 heteroatoms. The zero-order valence-electron chi connectivity index (χ0n) is 9.22. The molecule has 1 aromatic carbocycles. The molecule has 19 heavy (non-hydrogen) atoms. The molecule has 0 radical (unpaired) electrons. The van der Waals surface area contributed by atoms with E-state index in [0.717, 1.165) is 6.92 Å². The molecule has 0 aliphatic rings. The quantitative estimate of drug-likeness (QED) is 0.811. The number of primary sulfonamides is 1. The van der Waals surface area contributed by atoms with Gasteiger partial charge in [-0.3, -0.25) is 0 Å². The van der Waals surface area contributed by atoms with Gasteiger partial charge in [0.25, 0.3) is 0 Å². The van der Waals surface area contributed by atoms with E-state index in [1.807, 2.05) is 0 Å². The van der Waals surface area contributed by atoms with E-state index in [0.29, 0.717) is 0 Å². The summed E-state index contributed by atoms with van der Waals surface area (Å²) in [5, 5.41) is 4.62. The monoisotopic (exact) mass is 307 g/mol. The second-order valence-corrected chi connectivity index (χ2v) is 5.22. The maximum Gasteiger partial charge on any atom is 0.416 e. The van der Waals surface area contributed by atoms with E-state index < -0.39 is 44.0 Å². The van der Waals surface area contributed by atoms with Crippen LogP contribution in [0.2, 0.25) is 0 Å². The number of rotatable bonds is 1. The molecule has 0 aliphatic carbocycles. The van der Waals surface area contributed by atoms with Crippen LogP contribution in [0.1, 0.15) is 16.7 Å². The van der Waals surface area contributed by atoms with Gasteiger partial charge < -0.3 is 0 Å². The van der Waals surface area contributed by atoms with Crippen molar-refractivity contribution in [1.82, 2.24) is 0 Å². The van der Waals surface area contributed by atoms with Crippen molar-refractivity contribution in [1.29, 1.82) is 0 Å². The van der Waals surface area contributed by atoms with Crippen LogP contribution in [0.25, 0.3) is 0 Å². The standard InChI is InChI=1S/C9H7F6NO2S/c1-4-6(9(13,14)15)2-5(8(10,11)12)3-7(4)19(16,17)18/h2-3H,1H3,(H2,16,17,18). The fourth-order valence-electron chi connectivity index (χ4n) is 1.44. The van der Waals surface area contributed by atoms with E-state index >= 15 is 0 Å². The Hall–Kier alpha value is -1.29. The Labute approximate surface area is 104 Å². The number of halogens is 6. The number of hydrogen-bond donors (Lipinski definition) is 1. The molecule has 1 rings (SSSR count). The van der Waals surface area contributed by atoms with Gasteiger partial charge in [-0.05, 0) is 24.6 Å². The third kappa shape index (κ3) is 3.38. The molecule has 0 amide bonds. The molecule has 0 bridgehead atoms. The third-order valence-corrected chi connectivity index (χ3v) is 3.34. The van der Waals surface area contributed by atoms with E-state index in [1.165, 1.54) is 0 Å². The fraction of sp³-hybridized carbons (Fsp3) is 0.333. The van der Waals surface area contributed by atoms with Crippen LogP contribution >= 0.6 is 0 Å². The molecule has 0 unspecified atom stereocenters. The second-order valence-electron chi connectivity index (χ2n) is 3.69. The van der Waals surface area contributed by atoms with Gasteiger partial charge in [-0.2, -0.15) is 26.3 Å². The second kappa shape index (κ2) is 4.37. The van der Waals surface area contributed by atoms with Crippen molar-refractivity contribution in [3.05, 3.63) is 28.8 Å². The van der Waals surface area contributed by atoms with Crippen LogP contribution < -0.4 is 5.14 Å². The molecule has 0 atom stereocenters. The molecule has 0 spiro atoms. The van der Waals surface area contributed by atoms with E-state index in [9.17, 15) is 34.8 Å². The lowest BCUT2D eigenvalue weighted by atomic mass is 10.0. The lowest BCUT2D eigenvalue weighted by molar-refractivity contribution is -0.143. The Morgan fingerprint density at radius 2 is 1.47 bits per heavy atom. The smallest absolute Gasteiger partial charge is 0.225 e. The van der Waals surface area contributed by atoms with E-state index in [4.69, 9.17) is 0 Å². The van der Waals surface area contributed by atoms with E-state index in [2.05, 4.69) is 5.14 Å². The first kappa shape index (κ1) is 15.8. The van der Waals surface area contributed by atoms with E-state index in [-0.39, 0.29) is 12.1 Å². The van der Waals surface area contributed by atoms with Gasteiger partial charge in [0.2, 0.25) is 10.0 Å². The highest BCUT2D eigenvalue weighted by atomic mass is 32.2. The number of sulfonamides is 1. The molecule has 0 aromatic heterocycles. The zero-order chi connectivity index (χ0) is 15.2. The third-order valence-electron chi connectivity index (χ3n) is 2.30. The van der Waals surface area contributed by atoms with Gasteiger partial charge in [0.05, 0.1) is 16.0 Å². The summed E-state index contributed by atoms with van der Waals surface area (Å²) in [6.45, 7) is 0.739. The summed E-state index contributed by atoms with van der Waals surface area (Å²) in [6, 6.07) is -0.0656. The summed E-state index contributed by atoms with van der Waals surface area (Å²) < 4.78 is 97.2. The van der Waals surface area contributed by atoms with Gasteiger partial charge in [-0.1, -0.05) is 0 Å². The first-order valence-corrected chi connectivity index (χ1v) is 6.11. The summed E-state index contributed by atoms with van der Waals surface area (Å²) in [6.07, 6.45) is -10.2. The molecule has 0 aliphatic heterocycles. The van der Waals surface area contributed by atoms with Gasteiger partial charge >= 0.3 is 12.4 Å². The first-order valence-electron chi connectivity index (χ1n) is 4.56. The highest BCUT2D eigenvalue weighted by molar-refractivity contribution is 7.89. The van der Waals surface area contributed by atoms with Gasteiger partial charge in [-0.15, -0.1) is 0 Å². The fourth-order valence-corrected chi connectivity index (χ4v) is 2.27. The number of alkyl halides is 6. The van der Waals surface area contributed by atoms with Crippen LogP contribution in [-0.2, 0) is 22.4 Å². The Morgan fingerprint density at radius 3 is 1.79 bits per heavy atom. The largest absolute Gasteiger partial charge is 0.416 e. The highest BCUT2D eigenvalue weighted by Gasteiger charge is 2.39. The zero-order valence-corrected chi connectivity index (χ0v) is 10.0. The molecule has 2 N–H and O–H groups in total. The number of benzene rings is 1. The Kier molecular flexibility index (Phi) is 3.63. The van der Waals surface area contributed by atoms with Crippen molar-refractivity contribution in [2.45, 2.75) is 24.2 Å². The van der Waals surface area contributed by atoms with Crippen LogP contribution in [0.4, 0.5) is 26.3 Å². The van der Waals surface area contributed by atoms with Gasteiger partial charge in [-0.25, -0.2) is 13.6 Å². The topological polar surface area (TPSA) is 60.2 Å². The van der Waals surface area contributed by atoms with Gasteiger partial charge in [0, 0.05) is 0 Å². The summed E-state index contributed by atoms with van der Waals surface area (Å²) in [4.78, 5) is -1.20. The maximum atomic E-state index is 12.6. The van der Waals surface area contributed by atoms with Crippen LogP contribution in [-0.4, -0.2) is 8.42 Å². The minimum atomic E-state index is -5.12. The Morgan fingerprint density at radius 1 is 1.00 bits per heavy atom. The summed E-state index contributed by atoms with van der Waals surface area (Å²) in [5.74, 6) is 0. The molecule has 108 valence electrons. The van der Waals surface area contributed by atoms with Crippen molar-refractivity contribution >= 4 is 10.0 Å². The number of hydrogen-bond acceptors (Lipinski definition) is 2. The van der Waals surface area contributed by atoms with Crippen LogP contribution in [0.3, 0.4) is 0 Å². The minimum Gasteiger partial charge on any atom is -0.225 e. The molecular weight excluding hydrogens is 300 g/mol. The van der Waals surface area contributed by atoms with Crippen molar-refractivity contribution < 1.29 is 34.8 Å². The minimum absolute atomic E-state index is 0.0832. The summed E-state index contributed by atoms with van der Waals surface area (Å²) in [5.41, 5.74) is -4.29. The number of nitrogens with two attached hydrogens (primary N) is 1. The predicted molar refractivity (Wildman–Crippen MR) is 52.6 cm³/mol. The van der Waals surface area contributed by atoms with Crippen molar-refractivity contribution in [3.63, 3.8) is 0 Å². The normalized spacial score (nSPS) is 13.7. The molecule has 0 saturated heterocycles. The molecule has 0 saturated carbocycles. The molecule has 1 aromatic rings. The highest BCUT2D eigenvalue weighted by Crippen LogP contribution is 2.39. The van der Waals surface area contributed by atoms with Crippen molar-refractivity contribution in [2.75, 3.05) is 0 Å². The molecule has 3 nitrogen and oxygen atoms in total. The van der Waals surface area contributed by atoms with Crippen LogP contribution in [0.15, 0.2) is 17.0 Å². The van der Waals surface area contributed by atoms with Crippen molar-refractivity contribution in [2.24, 2.45) is 5.14 Å².